The molecule has 0 bridgehead atoms. The number of thioether (sulfide) groups is 1. The molecule has 5 fully saturated rings. The van der Waals surface area contributed by atoms with Crippen LogP contribution in [0.25, 0.3) is 0 Å². The Bertz CT molecular complexity index is 1880. The van der Waals surface area contributed by atoms with E-state index in [1.165, 1.54) is 122 Å². The molecule has 19 unspecified atom stereocenters. The lowest BCUT2D eigenvalue weighted by atomic mass is 9.69. The van der Waals surface area contributed by atoms with Gasteiger partial charge in [-0.05, 0) is 168 Å². The van der Waals surface area contributed by atoms with Crippen molar-refractivity contribution < 1.29 is 0 Å². The van der Waals surface area contributed by atoms with Gasteiger partial charge in [0.15, 0.2) is 0 Å². The van der Waals surface area contributed by atoms with E-state index >= 15 is 0 Å². The van der Waals surface area contributed by atoms with Crippen molar-refractivity contribution in [3.05, 3.63) is 71.1 Å². The maximum Gasteiger partial charge on any atom is 0.0818 e. The number of nitriles is 1. The van der Waals surface area contributed by atoms with E-state index in [0.29, 0.717) is 47.7 Å². The first kappa shape index (κ1) is 40.3. The van der Waals surface area contributed by atoms with Gasteiger partial charge in [0.25, 0.3) is 0 Å². The van der Waals surface area contributed by atoms with E-state index in [1.54, 1.807) is 22.5 Å². The molecule has 328 valence electrons. The first-order valence-electron chi connectivity index (χ1n) is 26.1. The van der Waals surface area contributed by atoms with Crippen LogP contribution in [0, 0.1) is 70.5 Å². The van der Waals surface area contributed by atoms with E-state index in [9.17, 15) is 5.26 Å². The Labute approximate surface area is 373 Å². The molecule has 4 heterocycles. The van der Waals surface area contributed by atoms with Gasteiger partial charge in [0.2, 0.25) is 0 Å². The Morgan fingerprint density at radius 2 is 1.44 bits per heavy atom. The van der Waals surface area contributed by atoms with Gasteiger partial charge >= 0.3 is 0 Å². The average molecular weight is 841 g/mol. The maximum atomic E-state index is 11.5. The molecule has 61 heavy (non-hydrogen) atoms. The Morgan fingerprint density at radius 1 is 0.672 bits per heavy atom. The monoisotopic (exact) mass is 841 g/mol. The lowest BCUT2D eigenvalue weighted by Crippen LogP contribution is -2.73. The third kappa shape index (κ3) is 6.78. The van der Waals surface area contributed by atoms with Gasteiger partial charge in [-0.25, -0.2) is 0 Å². The number of hydrogen-bond donors (Lipinski definition) is 3. The van der Waals surface area contributed by atoms with Crippen molar-refractivity contribution in [1.29, 1.82) is 5.26 Å². The fourth-order valence-electron chi connectivity index (χ4n) is 16.9. The van der Waals surface area contributed by atoms with Crippen LogP contribution in [0.3, 0.4) is 0 Å². The zero-order valence-electron chi connectivity index (χ0n) is 37.5. The van der Waals surface area contributed by atoms with Crippen molar-refractivity contribution >= 4 is 11.8 Å². The minimum Gasteiger partial charge on any atom is -0.368 e. The number of nitrogens with zero attached hydrogens (tertiary/aromatic N) is 3. The molecule has 12 rings (SSSR count). The van der Waals surface area contributed by atoms with Crippen LogP contribution in [0.1, 0.15) is 142 Å². The van der Waals surface area contributed by atoms with Crippen molar-refractivity contribution in [2.45, 2.75) is 195 Å². The van der Waals surface area contributed by atoms with E-state index < -0.39 is 0 Å². The maximum absolute atomic E-state index is 11.5. The van der Waals surface area contributed by atoms with Gasteiger partial charge in [0, 0.05) is 51.7 Å². The number of likely N-dealkylation sites (tertiary alicyclic amines) is 1. The molecule has 3 N–H and O–H groups in total. The minimum absolute atomic E-state index is 0.0375. The third-order valence-electron chi connectivity index (χ3n) is 19.4. The summed E-state index contributed by atoms with van der Waals surface area (Å²) >= 11 is 2.32. The summed E-state index contributed by atoms with van der Waals surface area (Å²) in [5.41, 5.74) is 6.63. The van der Waals surface area contributed by atoms with Crippen LogP contribution in [-0.2, 0) is 0 Å². The molecule has 3 saturated heterocycles. The summed E-state index contributed by atoms with van der Waals surface area (Å²) in [6, 6.07) is 4.88. The van der Waals surface area contributed by atoms with Gasteiger partial charge in [-0.15, -0.1) is 0 Å². The molecule has 0 aromatic heterocycles. The third-order valence-corrected chi connectivity index (χ3v) is 21.2. The smallest absolute Gasteiger partial charge is 0.0818 e. The largest absolute Gasteiger partial charge is 0.368 e. The molecule has 12 aliphatic rings. The summed E-state index contributed by atoms with van der Waals surface area (Å²) in [5, 5.41) is 26.2. The molecule has 0 radical (unpaired) electrons. The summed E-state index contributed by atoms with van der Waals surface area (Å²) in [6.45, 7) is 5.25. The van der Waals surface area contributed by atoms with Crippen LogP contribution in [0.5, 0.6) is 0 Å². The summed E-state index contributed by atoms with van der Waals surface area (Å²) in [4.78, 5) is 6.06. The van der Waals surface area contributed by atoms with Crippen molar-refractivity contribution in [2.75, 3.05) is 0 Å². The fourth-order valence-corrected chi connectivity index (χ4v) is 18.9. The molecule has 7 heteroatoms. The van der Waals surface area contributed by atoms with Gasteiger partial charge in [0.1, 0.15) is 0 Å². The lowest BCUT2D eigenvalue weighted by molar-refractivity contribution is 0.0545. The summed E-state index contributed by atoms with van der Waals surface area (Å²) in [6.07, 6.45) is 46.7. The van der Waals surface area contributed by atoms with Crippen LogP contribution in [0.4, 0.5) is 0 Å². The molecule has 0 aromatic carbocycles. The molecule has 4 aliphatic heterocycles. The number of nitrogens with one attached hydrogen (secondary N) is 3. The summed E-state index contributed by atoms with van der Waals surface area (Å²) < 4.78 is 0. The van der Waals surface area contributed by atoms with Crippen LogP contribution in [0.2, 0.25) is 0 Å². The highest BCUT2D eigenvalue weighted by molar-refractivity contribution is 8.00. The quantitative estimate of drug-likeness (QED) is 0.238. The molecular formula is C54H76N6S. The Hall–Kier alpha value is -2.24. The van der Waals surface area contributed by atoms with E-state index in [4.69, 9.17) is 0 Å². The van der Waals surface area contributed by atoms with E-state index in [2.05, 4.69) is 106 Å². The van der Waals surface area contributed by atoms with Gasteiger partial charge < -0.3 is 9.80 Å². The van der Waals surface area contributed by atoms with E-state index in [0.717, 1.165) is 34.7 Å². The predicted molar refractivity (Wildman–Crippen MR) is 250 cm³/mol. The fraction of sp³-hybridized carbons (Fsp3) is 0.759. The number of fused-ring (bicyclic) bond motifs is 8. The molecule has 19 atom stereocenters. The van der Waals surface area contributed by atoms with Crippen LogP contribution < -0.4 is 16.0 Å². The molecule has 0 aromatic rings. The first-order chi connectivity index (χ1) is 30.1. The molecule has 0 amide bonds. The minimum atomic E-state index is -0.0375. The van der Waals surface area contributed by atoms with Crippen molar-refractivity contribution in [2.24, 2.45) is 59.2 Å². The van der Waals surface area contributed by atoms with E-state index in [1.807, 2.05) is 0 Å². The highest BCUT2D eigenvalue weighted by atomic mass is 32.2. The normalized spacial score (nSPS) is 48.9. The van der Waals surface area contributed by atoms with E-state index in [-0.39, 0.29) is 36.4 Å². The lowest BCUT2D eigenvalue weighted by Gasteiger charge is -2.53. The Balaban J connectivity index is 0.979. The second-order valence-corrected chi connectivity index (χ2v) is 23.9. The summed E-state index contributed by atoms with van der Waals surface area (Å²) in [7, 11) is 0. The molecule has 6 nitrogen and oxygen atoms in total. The van der Waals surface area contributed by atoms with Gasteiger partial charge in [-0.1, -0.05) is 69.2 Å². The van der Waals surface area contributed by atoms with Crippen LogP contribution in [0.15, 0.2) is 71.1 Å². The second kappa shape index (κ2) is 16.6. The molecule has 2 saturated carbocycles. The molecule has 8 aliphatic carbocycles. The highest BCUT2D eigenvalue weighted by Gasteiger charge is 2.58. The van der Waals surface area contributed by atoms with Gasteiger partial charge in [-0.3, -0.25) is 16.0 Å². The Kier molecular flexibility index (Phi) is 11.0. The average Bonchev–Trinajstić information content (AvgIpc) is 3.98. The predicted octanol–water partition coefficient (Wildman–Crippen LogP) is 10.7. The van der Waals surface area contributed by atoms with Gasteiger partial charge in [-0.2, -0.15) is 17.0 Å². The van der Waals surface area contributed by atoms with Crippen molar-refractivity contribution in [3.8, 4) is 6.07 Å². The van der Waals surface area contributed by atoms with Gasteiger partial charge in [0.05, 0.1) is 42.6 Å². The zero-order valence-corrected chi connectivity index (χ0v) is 38.3. The Morgan fingerprint density at radius 3 is 2.25 bits per heavy atom. The van der Waals surface area contributed by atoms with Crippen molar-refractivity contribution in [1.82, 2.24) is 25.8 Å². The summed E-state index contributed by atoms with van der Waals surface area (Å²) in [5.74, 6) is 5.80. The molecular weight excluding hydrogens is 765 g/mol. The van der Waals surface area contributed by atoms with Crippen LogP contribution >= 0.6 is 11.8 Å². The number of allylic oxidation sites excluding steroid dienone is 6. The second-order valence-electron chi connectivity index (χ2n) is 22.4. The number of hydrogen-bond acceptors (Lipinski definition) is 7. The van der Waals surface area contributed by atoms with Crippen molar-refractivity contribution in [3.63, 3.8) is 0 Å². The topological polar surface area (TPSA) is 66.4 Å². The SMILES string of the molecule is CC1CCCC2C3CCCC(C)C3N(C3=CC(N4C5=C(CCCC5)C5CCC=CC54)C(C#N)CC3C3NC(C4=CCCCC4)NC(C4C=CCC5SC6CC=CCC6C54)N3)C12. The first-order valence-corrected chi connectivity index (χ1v) is 27.0. The zero-order chi connectivity index (χ0) is 40.8. The molecule has 0 spiro atoms. The standard InChI is InChI=1S/C54H76N6S/c1-32-15-12-22-38-39-23-13-16-33(2)51(39)60(50(32)38)46-30-45(59-43-25-9-6-19-36(43)37-20-7-10-26-44(37)59)35(31-55)29-42(46)54-57-52(34-17-4-3-5-18-34)56-53(58-54)41-24-14-28-48-49(41)40-21-8-11-27-47(40)61-48/h8-9,11,14,17,24-25,30,32-33,35-36,38-43,45,47-54,56-58H,3-7,10,12-13,15-16,18-23,26-29H2,1-2H3. The van der Waals surface area contributed by atoms with Crippen LogP contribution in [-0.4, -0.2) is 63.0 Å². The highest BCUT2D eigenvalue weighted by Crippen LogP contribution is 2.58. The number of rotatable bonds is 5.